The molecule has 2 aromatic heterocycles. The molecule has 0 aliphatic heterocycles. The van der Waals surface area contributed by atoms with Crippen LogP contribution in [0.4, 0.5) is 0 Å². The lowest BCUT2D eigenvalue weighted by molar-refractivity contribution is 0.102. The number of halogens is 1. The summed E-state index contributed by atoms with van der Waals surface area (Å²) < 4.78 is 6.74. The number of nitrogens with zero attached hydrogens (tertiary/aromatic N) is 4. The van der Waals surface area contributed by atoms with Crippen molar-refractivity contribution in [3.63, 3.8) is 0 Å². The number of hydrogen-bond acceptors (Lipinski definition) is 5. The highest BCUT2D eigenvalue weighted by atomic mass is 35.5. The number of pyridine rings is 1. The molecule has 0 aromatic carbocycles. The molecular formula is C14H17ClN4O2. The molecule has 7 heteroatoms. The van der Waals surface area contributed by atoms with Crippen LogP contribution in [0.5, 0.6) is 5.88 Å². The Morgan fingerprint density at radius 2 is 2.24 bits per heavy atom. The van der Waals surface area contributed by atoms with E-state index in [9.17, 15) is 4.79 Å². The van der Waals surface area contributed by atoms with Gasteiger partial charge < -0.3 is 9.64 Å². The Bertz CT molecular complexity index is 640. The summed E-state index contributed by atoms with van der Waals surface area (Å²) in [5.74, 6) is 0.0279. The second-order valence-corrected chi connectivity index (χ2v) is 5.16. The Morgan fingerprint density at radius 3 is 2.90 bits per heavy atom. The predicted octanol–water partition coefficient (Wildman–Crippen LogP) is 1.73. The number of methoxy groups -OCH3 is 1. The lowest BCUT2D eigenvalue weighted by Gasteiger charge is -2.12. The van der Waals surface area contributed by atoms with Crippen LogP contribution in [0.25, 0.3) is 0 Å². The topological polar surface area (TPSA) is 60.2 Å². The first-order chi connectivity index (χ1) is 10.0. The minimum Gasteiger partial charge on any atom is -0.480 e. The van der Waals surface area contributed by atoms with Gasteiger partial charge in [-0.2, -0.15) is 5.10 Å². The van der Waals surface area contributed by atoms with Crippen molar-refractivity contribution in [3.05, 3.63) is 40.8 Å². The second kappa shape index (κ2) is 6.69. The van der Waals surface area contributed by atoms with Gasteiger partial charge in [-0.1, -0.05) is 11.6 Å². The molecular weight excluding hydrogens is 292 g/mol. The number of rotatable bonds is 6. The maximum Gasteiger partial charge on any atom is 0.224 e. The van der Waals surface area contributed by atoms with E-state index in [0.29, 0.717) is 22.8 Å². The number of ketones is 1. The minimum atomic E-state index is -0.249. The molecule has 0 fully saturated rings. The molecule has 0 saturated heterocycles. The van der Waals surface area contributed by atoms with Crippen LogP contribution in [0, 0.1) is 0 Å². The van der Waals surface area contributed by atoms with Crippen molar-refractivity contribution in [1.82, 2.24) is 19.7 Å². The molecule has 6 nitrogen and oxygen atoms in total. The summed E-state index contributed by atoms with van der Waals surface area (Å²) in [6, 6.07) is 3.35. The van der Waals surface area contributed by atoms with Crippen LogP contribution < -0.4 is 4.74 Å². The summed E-state index contributed by atoms with van der Waals surface area (Å²) in [5.41, 5.74) is 0.721. The third-order valence-electron chi connectivity index (χ3n) is 2.98. The molecule has 0 aliphatic carbocycles. The lowest BCUT2D eigenvalue weighted by Crippen LogP contribution is -2.22. The van der Waals surface area contributed by atoms with Crippen LogP contribution in [-0.2, 0) is 6.54 Å². The zero-order valence-electron chi connectivity index (χ0n) is 12.2. The summed E-state index contributed by atoms with van der Waals surface area (Å²) in [7, 11) is 5.39. The van der Waals surface area contributed by atoms with E-state index in [1.165, 1.54) is 13.3 Å². The molecule has 0 bridgehead atoms. The maximum atomic E-state index is 12.7. The third-order valence-corrected chi connectivity index (χ3v) is 3.25. The van der Waals surface area contributed by atoms with Crippen molar-refractivity contribution in [2.24, 2.45) is 0 Å². The first kappa shape index (κ1) is 15.5. The molecule has 112 valence electrons. The molecule has 2 rings (SSSR count). The number of hydrogen-bond donors (Lipinski definition) is 0. The zero-order chi connectivity index (χ0) is 15.4. The Balaban J connectivity index is 2.37. The van der Waals surface area contributed by atoms with E-state index in [2.05, 4.69) is 10.1 Å². The monoisotopic (exact) mass is 308 g/mol. The largest absolute Gasteiger partial charge is 0.480 e. The highest BCUT2D eigenvalue weighted by Gasteiger charge is 2.22. The quantitative estimate of drug-likeness (QED) is 0.761. The number of ether oxygens (including phenoxy) is 1. The molecule has 0 atom stereocenters. The first-order valence-electron chi connectivity index (χ1n) is 6.44. The second-order valence-electron chi connectivity index (χ2n) is 4.76. The van der Waals surface area contributed by atoms with E-state index in [1.54, 1.807) is 23.0 Å². The highest BCUT2D eigenvalue weighted by molar-refractivity contribution is 6.34. The van der Waals surface area contributed by atoms with Crippen LogP contribution in [0.2, 0.25) is 5.02 Å². The molecule has 0 aliphatic rings. The Labute approximate surface area is 128 Å². The minimum absolute atomic E-state index is 0.249. The molecule has 0 spiro atoms. The average molecular weight is 309 g/mol. The average Bonchev–Trinajstić information content (AvgIpc) is 2.85. The highest BCUT2D eigenvalue weighted by Crippen LogP contribution is 2.23. The van der Waals surface area contributed by atoms with Crippen molar-refractivity contribution >= 4 is 17.4 Å². The van der Waals surface area contributed by atoms with Crippen molar-refractivity contribution in [1.29, 1.82) is 0 Å². The molecule has 0 radical (unpaired) electrons. The summed E-state index contributed by atoms with van der Waals surface area (Å²) in [6.45, 7) is 1.33. The van der Waals surface area contributed by atoms with Gasteiger partial charge in [-0.3, -0.25) is 9.48 Å². The van der Waals surface area contributed by atoms with Crippen LogP contribution in [0.3, 0.4) is 0 Å². The Morgan fingerprint density at radius 1 is 1.48 bits per heavy atom. The fourth-order valence-corrected chi connectivity index (χ4v) is 2.13. The molecule has 0 N–H and O–H groups in total. The number of likely N-dealkylation sites (N-methyl/N-ethyl adjacent to an activating group) is 1. The predicted molar refractivity (Wildman–Crippen MR) is 80.0 cm³/mol. The summed E-state index contributed by atoms with van der Waals surface area (Å²) in [6.07, 6.45) is 3.05. The number of carbonyl (C=O) groups excluding carboxylic acids is 1. The molecule has 0 unspecified atom stereocenters. The molecule has 0 amide bonds. The fourth-order valence-electron chi connectivity index (χ4n) is 1.91. The maximum absolute atomic E-state index is 12.7. The molecule has 21 heavy (non-hydrogen) atoms. The SMILES string of the molecule is COc1ncccc1C(=O)c1c(Cl)cnn1CCN(C)C. The van der Waals surface area contributed by atoms with Gasteiger partial charge in [-0.15, -0.1) is 0 Å². The normalized spacial score (nSPS) is 10.9. The van der Waals surface area contributed by atoms with E-state index in [-0.39, 0.29) is 11.7 Å². The number of carbonyl (C=O) groups is 1. The van der Waals surface area contributed by atoms with Crippen LogP contribution in [0.1, 0.15) is 16.1 Å². The van der Waals surface area contributed by atoms with Crippen molar-refractivity contribution < 1.29 is 9.53 Å². The summed E-state index contributed by atoms with van der Waals surface area (Å²) in [5, 5.41) is 4.49. The molecule has 2 aromatic rings. The lowest BCUT2D eigenvalue weighted by atomic mass is 10.1. The van der Waals surface area contributed by atoms with Gasteiger partial charge in [0.05, 0.1) is 30.4 Å². The van der Waals surface area contributed by atoms with Gasteiger partial charge in [-0.05, 0) is 26.2 Å². The van der Waals surface area contributed by atoms with Crippen LogP contribution >= 0.6 is 11.6 Å². The van der Waals surface area contributed by atoms with E-state index >= 15 is 0 Å². The van der Waals surface area contributed by atoms with Crippen LogP contribution in [0.15, 0.2) is 24.5 Å². The Kier molecular flexibility index (Phi) is 4.93. The van der Waals surface area contributed by atoms with Crippen molar-refractivity contribution in [2.75, 3.05) is 27.7 Å². The Hall–Kier alpha value is -1.92. The van der Waals surface area contributed by atoms with Gasteiger partial charge in [0.15, 0.2) is 0 Å². The zero-order valence-corrected chi connectivity index (χ0v) is 13.0. The van der Waals surface area contributed by atoms with Gasteiger partial charge in [0.2, 0.25) is 11.7 Å². The van der Waals surface area contributed by atoms with E-state index < -0.39 is 0 Å². The van der Waals surface area contributed by atoms with Gasteiger partial charge in [0.1, 0.15) is 5.69 Å². The smallest absolute Gasteiger partial charge is 0.224 e. The van der Waals surface area contributed by atoms with E-state index in [0.717, 1.165) is 6.54 Å². The fraction of sp³-hybridized carbons (Fsp3) is 0.357. The van der Waals surface area contributed by atoms with Crippen molar-refractivity contribution in [3.8, 4) is 5.88 Å². The van der Waals surface area contributed by atoms with Crippen LogP contribution in [-0.4, -0.2) is 53.2 Å². The van der Waals surface area contributed by atoms with Gasteiger partial charge >= 0.3 is 0 Å². The van der Waals surface area contributed by atoms with Gasteiger partial charge in [0, 0.05) is 12.7 Å². The van der Waals surface area contributed by atoms with E-state index in [1.807, 2.05) is 19.0 Å². The third kappa shape index (κ3) is 3.40. The van der Waals surface area contributed by atoms with Gasteiger partial charge in [-0.25, -0.2) is 4.98 Å². The van der Waals surface area contributed by atoms with Crippen molar-refractivity contribution in [2.45, 2.75) is 6.54 Å². The standard InChI is InChI=1S/C14H17ClN4O2/c1-18(2)7-8-19-12(11(15)9-17-19)13(20)10-5-4-6-16-14(10)21-3/h4-6,9H,7-8H2,1-3H3. The summed E-state index contributed by atoms with van der Waals surface area (Å²) >= 11 is 6.12. The molecule has 2 heterocycles. The first-order valence-corrected chi connectivity index (χ1v) is 6.82. The van der Waals surface area contributed by atoms with E-state index in [4.69, 9.17) is 16.3 Å². The number of aromatic nitrogens is 3. The molecule has 0 saturated carbocycles. The summed E-state index contributed by atoms with van der Waals surface area (Å²) in [4.78, 5) is 18.7. The van der Waals surface area contributed by atoms with Gasteiger partial charge in [0.25, 0.3) is 0 Å².